The zero-order chi connectivity index (χ0) is 109. The van der Waals surface area contributed by atoms with Crippen LogP contribution < -0.4 is 58.7 Å². The first-order valence-corrected chi connectivity index (χ1v) is 52.3. The number of hydrogen-bond acceptors (Lipinski definition) is 37. The summed E-state index contributed by atoms with van der Waals surface area (Å²) >= 11 is 7.91. The molecule has 848 valence electrons. The van der Waals surface area contributed by atoms with Crippen LogP contribution in [0.2, 0.25) is 5.02 Å². The molecule has 0 radical (unpaired) electrons. The number of nitrogens with zero attached hydrogens (tertiary/aromatic N) is 3. The maximum atomic E-state index is 14.6. The molecule has 0 saturated carbocycles. The molecule has 2 aromatic carbocycles. The van der Waals surface area contributed by atoms with Crippen LogP contribution in [0, 0.1) is 5.92 Å². The Bertz CT molecular complexity index is 4240. The van der Waals surface area contributed by atoms with Crippen LogP contribution in [-0.4, -0.2) is 436 Å². The zero-order valence-electron chi connectivity index (χ0n) is 88.0. The number of hydrogen-bond donors (Lipinski definition) is 12. The molecule has 12 atom stereocenters. The molecule has 3 aliphatic heterocycles. The van der Waals surface area contributed by atoms with Gasteiger partial charge in [0.2, 0.25) is 41.4 Å². The fourth-order valence-corrected chi connectivity index (χ4v) is 16.1. The number of esters is 1. The summed E-state index contributed by atoms with van der Waals surface area (Å²) in [5.74, 6) is -7.32. The number of ether oxygens (including phenoxy) is 22. The Kier molecular flexibility index (Phi) is 68.6. The lowest BCUT2D eigenvalue weighted by Crippen LogP contribution is -2.63. The number of benzene rings is 2. The summed E-state index contributed by atoms with van der Waals surface area (Å²) in [6.45, 7) is 21.7. The average molecular weight is 2160 g/mol. The summed E-state index contributed by atoms with van der Waals surface area (Å²) in [6.07, 6.45) is 1.39. The SMILES string of the molecule is COCCOCCOCCOCCOCCOCCOCCOCCOCCOCCOCCOCCOCCOCCOCCOCCOCCC(=O)NCCCC[C@H](N)C(=O)NCCCC[C@H](NC(=O)[C@H](CCCN=C(N)N)NC(=O)CSCCC(=O)N(C)[C@@H](C)C(=O)O[C@H]1CC(=O)N(C)c2cc(cc(OC)c2Cl)C/C(C)=C/C=C/[C@@H](OC)[C@@]2(O)C[C@H](OC(=O)N2)[C@@H](C)[C@@H]2O[C@@]12C)C(=O)N[C@@H](Cc1ccc(O)cc1)C(=O)O. The number of allylic oxidation sites excluding steroid dienone is 3. The number of anilines is 1. The number of likely N-dealkylation sites (N-methyl/N-ethyl adjacent to an activating group) is 1. The Morgan fingerprint density at radius 2 is 1.08 bits per heavy atom. The van der Waals surface area contributed by atoms with Crippen LogP contribution in [0.15, 0.2) is 65.2 Å². The number of carboxylic acids is 1. The maximum absolute atomic E-state index is 14.6. The standard InChI is InChI=1S/C100H165ClN12O35S/c1-71-16-14-20-84(129-9)100(126)69-83(146-98(125)111-100)72(2)91-99(4,148-91)85(68-89(118)113(6)81-66-75(64-71)67-82(128-8)90(81)101)147-96(124)73(3)112(5)88(117)26-63-149-70-87(116)108-78(19-15-29-107-97(103)104)93(120)109-79(94(121)110-80(95(122)123)65-74-21-23-76(114)24-22-74)18-11-13-28-106-92(119)77(102)17-10-12-27-105-86(115)25-30-130-33-34-132-37-38-134-41-42-136-45-46-138-49-50-140-53-54-142-57-58-144-61-62-145-60-59-143-56-55-141-52-51-139-48-47-137-44-43-135-40-39-133-36-35-131-32-31-127-7/h14,16,20-24,66-67,72-73,77-80,83-85,91,114,126H,10-13,15,17-19,25-65,68-70,102H2,1-9H3,(H,105,115)(H,106,119)(H,108,116)(H,109,120)(H,110,121)(H,111,125)(H,122,123)(H4,103,104,107)/b20-14+,71-16+/t72-,73+,77+,78+,79+,80+,83+,84-,85+,91+,99+,100+/m1/s1. The molecular formula is C100H165ClN12O35S. The lowest BCUT2D eigenvalue weighted by molar-refractivity contribution is -0.162. The number of alkyl carbamates (subject to hydrolysis) is 1. The number of rotatable bonds is 84. The predicted octanol–water partition coefficient (Wildman–Crippen LogP) is 2.38. The number of amides is 8. The highest BCUT2D eigenvalue weighted by Crippen LogP contribution is 2.49. The fourth-order valence-electron chi connectivity index (χ4n) is 15.1. The average Bonchev–Trinajstić information content (AvgIpc) is 1.57. The Balaban J connectivity index is 0.916. The number of phenols is 1. The van der Waals surface area contributed by atoms with E-state index in [0.29, 0.717) is 248 Å². The third-order valence-electron chi connectivity index (χ3n) is 23.7. The number of aromatic hydroxyl groups is 1. The number of methoxy groups -OCH3 is 3. The first-order chi connectivity index (χ1) is 71.8. The van der Waals surface area contributed by atoms with Gasteiger partial charge in [-0.05, 0) is 114 Å². The molecule has 8 amide bonds. The van der Waals surface area contributed by atoms with Gasteiger partial charge in [0, 0.05) is 85.3 Å². The number of thioether (sulfide) groups is 1. The summed E-state index contributed by atoms with van der Waals surface area (Å²) in [5.41, 5.74) is 16.4. The molecule has 2 fully saturated rings. The van der Waals surface area contributed by atoms with Gasteiger partial charge in [0.25, 0.3) is 0 Å². The Morgan fingerprint density at radius 3 is 1.56 bits per heavy atom. The molecule has 2 saturated heterocycles. The number of aliphatic hydroxyl groups is 1. The van der Waals surface area contributed by atoms with E-state index in [-0.39, 0.29) is 124 Å². The highest BCUT2D eigenvalue weighted by Gasteiger charge is 2.65. The molecule has 2 aromatic rings. The van der Waals surface area contributed by atoms with Gasteiger partial charge in [0.1, 0.15) is 64.6 Å². The van der Waals surface area contributed by atoms with Crippen molar-refractivity contribution in [3.8, 4) is 11.5 Å². The molecule has 0 unspecified atom stereocenters. The van der Waals surface area contributed by atoms with Crippen molar-refractivity contribution in [3.05, 3.63) is 76.3 Å². The highest BCUT2D eigenvalue weighted by atomic mass is 35.5. The quantitative estimate of drug-likeness (QED) is 0.0149. The number of carbonyl (C=O) groups excluding carboxylic acids is 9. The van der Waals surface area contributed by atoms with Crippen LogP contribution >= 0.6 is 23.4 Å². The smallest absolute Gasteiger partial charge is 0.409 e. The van der Waals surface area contributed by atoms with Crippen molar-refractivity contribution >= 4 is 94.4 Å². The number of aliphatic imine (C=N–C) groups is 1. The van der Waals surface area contributed by atoms with Gasteiger partial charge in [-0.3, -0.25) is 43.9 Å². The number of fused-ring (bicyclic) bond motifs is 5. The van der Waals surface area contributed by atoms with Crippen molar-refractivity contribution in [2.24, 2.45) is 28.1 Å². The van der Waals surface area contributed by atoms with Crippen LogP contribution in [0.5, 0.6) is 11.5 Å². The van der Waals surface area contributed by atoms with Crippen molar-refractivity contribution in [1.82, 2.24) is 36.8 Å². The van der Waals surface area contributed by atoms with Gasteiger partial charge in [0.15, 0.2) is 11.7 Å². The minimum absolute atomic E-state index is 0.0373. The molecule has 0 spiro atoms. The van der Waals surface area contributed by atoms with E-state index in [0.717, 1.165) is 27.8 Å². The number of carboxylic acid groups (broad SMARTS) is 1. The number of epoxide rings is 1. The van der Waals surface area contributed by atoms with E-state index in [1.165, 1.54) is 64.4 Å². The Hall–Kier alpha value is -8.91. The summed E-state index contributed by atoms with van der Waals surface area (Å²) < 4.78 is 123. The van der Waals surface area contributed by atoms with Gasteiger partial charge in [0.05, 0.1) is 255 Å². The van der Waals surface area contributed by atoms with Crippen molar-refractivity contribution in [1.29, 1.82) is 0 Å². The number of halogens is 1. The zero-order valence-corrected chi connectivity index (χ0v) is 89.6. The first kappa shape index (κ1) is 131. The second-order valence-electron chi connectivity index (χ2n) is 35.4. The number of nitrogens with one attached hydrogen (secondary N) is 6. The number of phenolic OH excluding ortho intramolecular Hbond substituents is 1. The normalized spacial score (nSPS) is 19.3. The highest BCUT2D eigenvalue weighted by molar-refractivity contribution is 7.99. The lowest BCUT2D eigenvalue weighted by Gasteiger charge is -2.42. The van der Waals surface area contributed by atoms with Crippen molar-refractivity contribution < 1.29 is 167 Å². The van der Waals surface area contributed by atoms with Crippen LogP contribution in [0.1, 0.15) is 116 Å². The van der Waals surface area contributed by atoms with E-state index < -0.39 is 132 Å². The van der Waals surface area contributed by atoms with Gasteiger partial charge in [-0.25, -0.2) is 14.4 Å². The summed E-state index contributed by atoms with van der Waals surface area (Å²) in [5, 5.41) is 48.3. The van der Waals surface area contributed by atoms with E-state index in [2.05, 4.69) is 36.9 Å². The van der Waals surface area contributed by atoms with Gasteiger partial charge < -0.3 is 173 Å². The minimum atomic E-state index is -1.94. The molecule has 0 aromatic heterocycles. The van der Waals surface area contributed by atoms with E-state index in [1.54, 1.807) is 45.2 Å². The molecule has 47 nitrogen and oxygen atoms in total. The first-order valence-electron chi connectivity index (χ1n) is 50.8. The van der Waals surface area contributed by atoms with Gasteiger partial charge in [-0.2, -0.15) is 11.8 Å². The number of unbranched alkanes of at least 4 members (excludes halogenated alkanes) is 2. The summed E-state index contributed by atoms with van der Waals surface area (Å²) in [6, 6.07) is 2.83. The molecule has 3 aliphatic rings. The Labute approximate surface area is 883 Å². The molecule has 49 heteroatoms. The van der Waals surface area contributed by atoms with E-state index in [1.807, 2.05) is 13.0 Å². The van der Waals surface area contributed by atoms with Crippen molar-refractivity contribution in [2.45, 2.75) is 184 Å². The lowest BCUT2D eigenvalue weighted by atomic mass is 9.83. The van der Waals surface area contributed by atoms with Crippen LogP contribution in [-0.2, 0) is 155 Å². The fraction of sp³-hybridized carbons (Fsp3) is 0.730. The van der Waals surface area contributed by atoms with E-state index >= 15 is 0 Å². The monoisotopic (exact) mass is 2160 g/mol. The minimum Gasteiger partial charge on any atom is -0.508 e. The predicted molar refractivity (Wildman–Crippen MR) is 549 cm³/mol. The topological polar surface area (TPSA) is 607 Å². The number of carbonyl (C=O) groups is 10. The van der Waals surface area contributed by atoms with Crippen molar-refractivity contribution in [3.63, 3.8) is 0 Å². The van der Waals surface area contributed by atoms with Gasteiger partial charge in [-0.15, -0.1) is 0 Å². The number of nitrogens with two attached hydrogens (primary N) is 3. The third-order valence-corrected chi connectivity index (χ3v) is 25.1. The third kappa shape index (κ3) is 56.0. The van der Waals surface area contributed by atoms with Crippen LogP contribution in [0.4, 0.5) is 10.5 Å². The summed E-state index contributed by atoms with van der Waals surface area (Å²) in [4.78, 5) is 143. The molecule has 149 heavy (non-hydrogen) atoms. The molecule has 15 N–H and O–H groups in total. The molecule has 0 aliphatic carbocycles. The van der Waals surface area contributed by atoms with Gasteiger partial charge >= 0.3 is 18.0 Å². The van der Waals surface area contributed by atoms with Crippen LogP contribution in [0.3, 0.4) is 0 Å². The number of aliphatic carboxylic acids is 1. The molecule has 5 rings (SSSR count). The summed E-state index contributed by atoms with van der Waals surface area (Å²) in [7, 11) is 7.36. The van der Waals surface area contributed by atoms with Crippen LogP contribution in [0.25, 0.3) is 0 Å². The van der Waals surface area contributed by atoms with E-state index in [9.17, 15) is 63.3 Å². The molecular weight excluding hydrogens is 2000 g/mol. The van der Waals surface area contributed by atoms with Gasteiger partial charge in [-0.1, -0.05) is 54.5 Å². The Morgan fingerprint density at radius 1 is 0.617 bits per heavy atom. The second kappa shape index (κ2) is 78.3. The number of guanidine groups is 1. The largest absolute Gasteiger partial charge is 0.508 e. The van der Waals surface area contributed by atoms with Crippen molar-refractivity contribution in [2.75, 3.05) is 289 Å². The second-order valence-corrected chi connectivity index (χ2v) is 36.9. The maximum Gasteiger partial charge on any atom is 0.409 e. The van der Waals surface area contributed by atoms with E-state index in [4.69, 9.17) is 133 Å². The molecule has 3 heterocycles. The molecule has 4 bridgehead atoms.